The predicted molar refractivity (Wildman–Crippen MR) is 80.5 cm³/mol. The van der Waals surface area contributed by atoms with Crippen LogP contribution in [0.3, 0.4) is 0 Å². The van der Waals surface area contributed by atoms with Gasteiger partial charge in [-0.15, -0.1) is 0 Å². The van der Waals surface area contributed by atoms with Gasteiger partial charge in [0.25, 0.3) is 0 Å². The number of hydrogen-bond donors (Lipinski definition) is 0. The molecule has 0 aliphatic heterocycles. The van der Waals surface area contributed by atoms with Gasteiger partial charge in [-0.2, -0.15) is 0 Å². The molecular formula is C18H34. The number of hydrogen-bond acceptors (Lipinski definition) is 0. The molecule has 0 aromatic rings. The second-order valence-corrected chi connectivity index (χ2v) is 8.03. The van der Waals surface area contributed by atoms with Crippen molar-refractivity contribution in [3.05, 3.63) is 0 Å². The van der Waals surface area contributed by atoms with Gasteiger partial charge >= 0.3 is 0 Å². The summed E-state index contributed by atoms with van der Waals surface area (Å²) in [5.41, 5.74) is 0. The normalized spacial score (nSPS) is 50.2. The molecule has 0 amide bonds. The topological polar surface area (TPSA) is 0 Å². The van der Waals surface area contributed by atoms with Gasteiger partial charge in [0.15, 0.2) is 0 Å². The zero-order valence-corrected chi connectivity index (χ0v) is 13.3. The van der Waals surface area contributed by atoms with Crippen molar-refractivity contribution in [3.63, 3.8) is 0 Å². The van der Waals surface area contributed by atoms with Gasteiger partial charge in [-0.25, -0.2) is 0 Å². The largest absolute Gasteiger partial charge is 0.0623 e. The van der Waals surface area contributed by atoms with E-state index in [9.17, 15) is 0 Å². The van der Waals surface area contributed by atoms with Crippen molar-refractivity contribution in [2.45, 2.75) is 73.1 Å². The first-order valence-electron chi connectivity index (χ1n) is 8.47. The SMILES string of the molecule is CC1CCC(CC2CC(C)C(C)CC2C)CC1C. The maximum atomic E-state index is 2.52. The van der Waals surface area contributed by atoms with E-state index >= 15 is 0 Å². The summed E-state index contributed by atoms with van der Waals surface area (Å²) in [6.07, 6.45) is 9.02. The van der Waals surface area contributed by atoms with Crippen molar-refractivity contribution in [2.75, 3.05) is 0 Å². The Morgan fingerprint density at radius 2 is 1.22 bits per heavy atom. The molecular weight excluding hydrogens is 216 g/mol. The summed E-state index contributed by atoms with van der Waals surface area (Å²) in [5, 5.41) is 0. The molecule has 0 aromatic heterocycles. The van der Waals surface area contributed by atoms with Crippen LogP contribution >= 0.6 is 0 Å². The minimum absolute atomic E-state index is 0.960. The zero-order chi connectivity index (χ0) is 13.3. The van der Waals surface area contributed by atoms with Crippen molar-refractivity contribution in [1.29, 1.82) is 0 Å². The van der Waals surface area contributed by atoms with Crippen LogP contribution in [0.2, 0.25) is 0 Å². The van der Waals surface area contributed by atoms with Crippen molar-refractivity contribution in [3.8, 4) is 0 Å². The molecule has 0 nitrogen and oxygen atoms in total. The fourth-order valence-corrected chi connectivity index (χ4v) is 4.58. The average Bonchev–Trinajstić information content (AvgIpc) is 2.31. The lowest BCUT2D eigenvalue weighted by Crippen LogP contribution is -2.31. The van der Waals surface area contributed by atoms with Crippen LogP contribution in [-0.2, 0) is 0 Å². The molecule has 2 rings (SSSR count). The molecule has 0 heterocycles. The highest BCUT2D eigenvalue weighted by Crippen LogP contribution is 2.44. The Labute approximate surface area is 115 Å². The molecule has 7 unspecified atom stereocenters. The van der Waals surface area contributed by atoms with E-state index in [1.165, 1.54) is 38.5 Å². The van der Waals surface area contributed by atoms with Crippen molar-refractivity contribution in [2.24, 2.45) is 41.4 Å². The Balaban J connectivity index is 1.85. The van der Waals surface area contributed by atoms with Crippen LogP contribution in [0.1, 0.15) is 73.1 Å². The first-order chi connectivity index (χ1) is 8.47. The molecule has 2 saturated carbocycles. The first kappa shape index (κ1) is 14.4. The molecule has 0 bridgehead atoms. The predicted octanol–water partition coefficient (Wildman–Crippen LogP) is 5.77. The maximum absolute atomic E-state index is 2.52. The molecule has 0 aromatic carbocycles. The van der Waals surface area contributed by atoms with E-state index in [2.05, 4.69) is 34.6 Å². The molecule has 7 atom stereocenters. The molecule has 2 fully saturated rings. The summed E-state index contributed by atoms with van der Waals surface area (Å²) in [6.45, 7) is 12.4. The second-order valence-electron chi connectivity index (χ2n) is 8.03. The van der Waals surface area contributed by atoms with E-state index in [-0.39, 0.29) is 0 Å². The van der Waals surface area contributed by atoms with Crippen molar-refractivity contribution in [1.82, 2.24) is 0 Å². The summed E-state index contributed by atoms with van der Waals surface area (Å²) in [5.74, 6) is 6.92. The Morgan fingerprint density at radius 3 is 1.89 bits per heavy atom. The van der Waals surface area contributed by atoms with E-state index in [1.54, 1.807) is 0 Å². The zero-order valence-electron chi connectivity index (χ0n) is 13.3. The molecule has 18 heavy (non-hydrogen) atoms. The monoisotopic (exact) mass is 250 g/mol. The van der Waals surface area contributed by atoms with E-state index in [1.807, 2.05) is 0 Å². The van der Waals surface area contributed by atoms with Gasteiger partial charge in [0, 0.05) is 0 Å². The van der Waals surface area contributed by atoms with Crippen LogP contribution in [0, 0.1) is 41.4 Å². The third kappa shape index (κ3) is 3.31. The van der Waals surface area contributed by atoms with E-state index in [0.717, 1.165) is 41.4 Å². The highest BCUT2D eigenvalue weighted by Gasteiger charge is 2.33. The van der Waals surface area contributed by atoms with Gasteiger partial charge in [-0.1, -0.05) is 47.5 Å². The van der Waals surface area contributed by atoms with E-state index in [0.29, 0.717) is 0 Å². The highest BCUT2D eigenvalue weighted by atomic mass is 14.4. The lowest BCUT2D eigenvalue weighted by atomic mass is 9.65. The average molecular weight is 250 g/mol. The van der Waals surface area contributed by atoms with Crippen LogP contribution in [0.4, 0.5) is 0 Å². The summed E-state index contributed by atoms with van der Waals surface area (Å²) >= 11 is 0. The third-order valence-corrected chi connectivity index (χ3v) is 6.54. The molecule has 106 valence electrons. The minimum Gasteiger partial charge on any atom is -0.0623 e. The maximum Gasteiger partial charge on any atom is -0.0383 e. The molecule has 2 aliphatic carbocycles. The van der Waals surface area contributed by atoms with Gasteiger partial charge in [0.05, 0.1) is 0 Å². The Bertz CT molecular complexity index is 257. The smallest absolute Gasteiger partial charge is 0.0383 e. The first-order valence-corrected chi connectivity index (χ1v) is 8.47. The van der Waals surface area contributed by atoms with Crippen LogP contribution < -0.4 is 0 Å². The minimum atomic E-state index is 0.960. The van der Waals surface area contributed by atoms with Crippen molar-refractivity contribution < 1.29 is 0 Å². The fourth-order valence-electron chi connectivity index (χ4n) is 4.58. The van der Waals surface area contributed by atoms with E-state index < -0.39 is 0 Å². The fraction of sp³-hybridized carbons (Fsp3) is 1.00. The van der Waals surface area contributed by atoms with Crippen molar-refractivity contribution >= 4 is 0 Å². The number of rotatable bonds is 2. The molecule has 0 saturated heterocycles. The Kier molecular flexibility index (Phi) is 4.78. The van der Waals surface area contributed by atoms with Gasteiger partial charge in [0.2, 0.25) is 0 Å². The molecule has 0 heteroatoms. The van der Waals surface area contributed by atoms with E-state index in [4.69, 9.17) is 0 Å². The van der Waals surface area contributed by atoms with Gasteiger partial charge < -0.3 is 0 Å². The summed E-state index contributed by atoms with van der Waals surface area (Å²) in [6, 6.07) is 0. The van der Waals surface area contributed by atoms with Crippen LogP contribution in [0.15, 0.2) is 0 Å². The Hall–Kier alpha value is 0. The Morgan fingerprint density at radius 1 is 0.611 bits per heavy atom. The molecule has 0 radical (unpaired) electrons. The van der Waals surface area contributed by atoms with Crippen LogP contribution in [0.5, 0.6) is 0 Å². The lowest BCUT2D eigenvalue weighted by Gasteiger charge is -2.41. The van der Waals surface area contributed by atoms with Crippen LogP contribution in [0.25, 0.3) is 0 Å². The highest BCUT2D eigenvalue weighted by molar-refractivity contribution is 4.84. The standard InChI is InChI=1S/C18H34/c1-12-6-7-17(9-14(12)3)11-18-10-15(4)13(2)8-16(18)5/h12-18H,6-11H2,1-5H3. The van der Waals surface area contributed by atoms with Gasteiger partial charge in [-0.05, 0) is 67.1 Å². The van der Waals surface area contributed by atoms with Crippen LogP contribution in [-0.4, -0.2) is 0 Å². The molecule has 0 N–H and O–H groups in total. The second kappa shape index (κ2) is 5.97. The quantitative estimate of drug-likeness (QED) is 0.584. The summed E-state index contributed by atoms with van der Waals surface area (Å²) < 4.78 is 0. The molecule has 0 spiro atoms. The molecule has 2 aliphatic rings. The third-order valence-electron chi connectivity index (χ3n) is 6.54. The summed E-state index contributed by atoms with van der Waals surface area (Å²) in [7, 11) is 0. The van der Waals surface area contributed by atoms with Gasteiger partial charge in [0.1, 0.15) is 0 Å². The lowest BCUT2D eigenvalue weighted by molar-refractivity contribution is 0.0990. The van der Waals surface area contributed by atoms with Gasteiger partial charge in [-0.3, -0.25) is 0 Å². The summed E-state index contributed by atoms with van der Waals surface area (Å²) in [4.78, 5) is 0.